The maximum Gasteiger partial charge on any atom is 0.317 e. The highest BCUT2D eigenvalue weighted by Crippen LogP contribution is 2.33. The third-order valence-electron chi connectivity index (χ3n) is 4.95. The predicted molar refractivity (Wildman–Crippen MR) is 91.4 cm³/mol. The first-order valence-electron chi connectivity index (χ1n) is 8.19. The van der Waals surface area contributed by atoms with Gasteiger partial charge in [0.05, 0.1) is 12.7 Å². The number of aromatic nitrogens is 2. The van der Waals surface area contributed by atoms with Crippen LogP contribution in [0.4, 0.5) is 4.79 Å². The number of β-amino-alcohol motifs (C(OH)–C–C–N with tert-alkyl or cyclic N) is 1. The zero-order chi connectivity index (χ0) is 17.3. The predicted octanol–water partition coefficient (Wildman–Crippen LogP) is 1.84. The Morgan fingerprint density at radius 1 is 1.38 bits per heavy atom. The summed E-state index contributed by atoms with van der Waals surface area (Å²) in [6.07, 6.45) is 2.32. The molecule has 0 saturated carbocycles. The summed E-state index contributed by atoms with van der Waals surface area (Å²) in [5.74, 6) is 0. The molecule has 2 heterocycles. The van der Waals surface area contributed by atoms with E-state index in [1.165, 1.54) is 0 Å². The van der Waals surface area contributed by atoms with Crippen LogP contribution in [0.1, 0.15) is 28.8 Å². The number of nitrogens with one attached hydrogen (secondary N) is 1. The fourth-order valence-corrected chi connectivity index (χ4v) is 3.28. The largest absolute Gasteiger partial charge is 0.383 e. The minimum absolute atomic E-state index is 0.150. The molecule has 2 amide bonds. The number of hydrogen-bond acceptors (Lipinski definition) is 3. The maximum atomic E-state index is 12.4. The lowest BCUT2D eigenvalue weighted by molar-refractivity contribution is 0.0487. The van der Waals surface area contributed by atoms with Crippen LogP contribution in [-0.2, 0) is 19.2 Å². The molecule has 6 heteroatoms. The molecule has 1 aliphatic rings. The van der Waals surface area contributed by atoms with Crippen molar-refractivity contribution in [2.45, 2.75) is 32.4 Å². The Kier molecular flexibility index (Phi) is 4.32. The molecule has 0 spiro atoms. The van der Waals surface area contributed by atoms with Gasteiger partial charge in [-0.2, -0.15) is 5.10 Å². The van der Waals surface area contributed by atoms with E-state index in [1.807, 2.05) is 45.2 Å². The van der Waals surface area contributed by atoms with E-state index in [0.29, 0.717) is 26.1 Å². The third kappa shape index (κ3) is 3.01. The number of benzene rings is 1. The normalized spacial score (nSPS) is 20.4. The minimum atomic E-state index is -0.965. The highest BCUT2D eigenvalue weighted by atomic mass is 16.3. The van der Waals surface area contributed by atoms with E-state index in [1.54, 1.807) is 15.8 Å². The molecule has 0 bridgehead atoms. The minimum Gasteiger partial charge on any atom is -0.383 e. The van der Waals surface area contributed by atoms with Crippen LogP contribution in [0.15, 0.2) is 30.5 Å². The molecule has 2 aromatic rings. The summed E-state index contributed by atoms with van der Waals surface area (Å²) < 4.78 is 1.79. The molecule has 1 aromatic heterocycles. The quantitative estimate of drug-likeness (QED) is 0.903. The molecule has 3 rings (SSSR count). The van der Waals surface area contributed by atoms with E-state index >= 15 is 0 Å². The second-order valence-electron chi connectivity index (χ2n) is 6.56. The van der Waals surface area contributed by atoms with E-state index < -0.39 is 5.60 Å². The summed E-state index contributed by atoms with van der Waals surface area (Å²) in [6.45, 7) is 5.26. The van der Waals surface area contributed by atoms with Gasteiger partial charge in [0.1, 0.15) is 5.60 Å². The summed E-state index contributed by atoms with van der Waals surface area (Å²) in [4.78, 5) is 14.1. The van der Waals surface area contributed by atoms with Gasteiger partial charge in [-0.1, -0.05) is 24.3 Å². The summed E-state index contributed by atoms with van der Waals surface area (Å²) in [5, 5.41) is 18.1. The molecule has 2 N–H and O–H groups in total. The molecule has 6 nitrogen and oxygen atoms in total. The monoisotopic (exact) mass is 328 g/mol. The highest BCUT2D eigenvalue weighted by Gasteiger charge is 2.40. The Labute approximate surface area is 142 Å². The Balaban J connectivity index is 1.64. The number of carbonyl (C=O) groups excluding carboxylic acids is 1. The van der Waals surface area contributed by atoms with Crippen LogP contribution >= 0.6 is 0 Å². The van der Waals surface area contributed by atoms with Crippen LogP contribution in [0.2, 0.25) is 0 Å². The van der Waals surface area contributed by atoms with Gasteiger partial charge < -0.3 is 15.3 Å². The van der Waals surface area contributed by atoms with Crippen molar-refractivity contribution in [1.29, 1.82) is 0 Å². The number of rotatable bonds is 3. The molecule has 1 aromatic carbocycles. The number of likely N-dealkylation sites (tertiary alicyclic amines) is 1. The van der Waals surface area contributed by atoms with Crippen molar-refractivity contribution >= 4 is 6.03 Å². The Morgan fingerprint density at radius 2 is 2.12 bits per heavy atom. The lowest BCUT2D eigenvalue weighted by Gasteiger charge is -2.25. The summed E-state index contributed by atoms with van der Waals surface area (Å²) in [6, 6.07) is 7.66. The van der Waals surface area contributed by atoms with Gasteiger partial charge in [-0.3, -0.25) is 4.68 Å². The fraction of sp³-hybridized carbons (Fsp3) is 0.444. The summed E-state index contributed by atoms with van der Waals surface area (Å²) in [7, 11) is 1.88. The summed E-state index contributed by atoms with van der Waals surface area (Å²) >= 11 is 0. The second kappa shape index (κ2) is 6.28. The number of amides is 2. The van der Waals surface area contributed by atoms with Crippen molar-refractivity contribution in [3.63, 3.8) is 0 Å². The fourth-order valence-electron chi connectivity index (χ4n) is 3.28. The maximum absolute atomic E-state index is 12.4. The zero-order valence-corrected chi connectivity index (χ0v) is 14.4. The number of carbonyl (C=O) groups is 1. The topological polar surface area (TPSA) is 70.4 Å². The van der Waals surface area contributed by atoms with Crippen molar-refractivity contribution in [3.8, 4) is 0 Å². The first-order chi connectivity index (χ1) is 11.4. The second-order valence-corrected chi connectivity index (χ2v) is 6.56. The van der Waals surface area contributed by atoms with Gasteiger partial charge in [-0.15, -0.1) is 0 Å². The van der Waals surface area contributed by atoms with Crippen molar-refractivity contribution in [1.82, 2.24) is 20.0 Å². The van der Waals surface area contributed by atoms with Gasteiger partial charge >= 0.3 is 6.03 Å². The van der Waals surface area contributed by atoms with Gasteiger partial charge in [0, 0.05) is 31.4 Å². The Bertz CT molecular complexity index is 755. The molecule has 24 heavy (non-hydrogen) atoms. The third-order valence-corrected chi connectivity index (χ3v) is 4.95. The number of urea groups is 1. The van der Waals surface area contributed by atoms with Crippen LogP contribution in [0.25, 0.3) is 0 Å². The number of aryl methyl sites for hydroxylation is 2. The van der Waals surface area contributed by atoms with E-state index in [0.717, 1.165) is 22.4 Å². The van der Waals surface area contributed by atoms with Crippen molar-refractivity contribution in [3.05, 3.63) is 52.8 Å². The van der Waals surface area contributed by atoms with Gasteiger partial charge in [-0.05, 0) is 31.4 Å². The van der Waals surface area contributed by atoms with Crippen molar-refractivity contribution < 1.29 is 9.90 Å². The van der Waals surface area contributed by atoms with Gasteiger partial charge in [0.15, 0.2) is 0 Å². The molecule has 128 valence electrons. The van der Waals surface area contributed by atoms with E-state index in [4.69, 9.17) is 0 Å². The molecule has 1 saturated heterocycles. The number of nitrogens with zero attached hydrogens (tertiary/aromatic N) is 3. The number of hydrogen-bond donors (Lipinski definition) is 2. The molecule has 0 radical (unpaired) electrons. The molecule has 1 fully saturated rings. The molecule has 0 aliphatic carbocycles. The first kappa shape index (κ1) is 16.5. The lowest BCUT2D eigenvalue weighted by Crippen LogP contribution is -2.40. The Morgan fingerprint density at radius 3 is 2.79 bits per heavy atom. The van der Waals surface area contributed by atoms with Gasteiger partial charge in [0.25, 0.3) is 0 Å². The van der Waals surface area contributed by atoms with Crippen LogP contribution in [0, 0.1) is 13.8 Å². The standard InChI is InChI=1S/C18H24N4O2/c1-13-6-4-5-7-16(13)18(24)8-9-22(12-18)17(23)19-10-15-11-20-21(3)14(15)2/h4-7,11,24H,8-10,12H2,1-3H3,(H,19,23). The highest BCUT2D eigenvalue weighted by molar-refractivity contribution is 5.74. The van der Waals surface area contributed by atoms with E-state index in [2.05, 4.69) is 10.4 Å². The van der Waals surface area contributed by atoms with Crippen LogP contribution in [0.3, 0.4) is 0 Å². The van der Waals surface area contributed by atoms with Crippen LogP contribution < -0.4 is 5.32 Å². The van der Waals surface area contributed by atoms with Crippen molar-refractivity contribution in [2.24, 2.45) is 7.05 Å². The SMILES string of the molecule is Cc1ccccc1C1(O)CCN(C(=O)NCc2cnn(C)c2C)C1. The average Bonchev–Trinajstić information content (AvgIpc) is 3.11. The van der Waals surface area contributed by atoms with Crippen LogP contribution in [0.5, 0.6) is 0 Å². The molecular weight excluding hydrogens is 304 g/mol. The number of aliphatic hydroxyl groups is 1. The summed E-state index contributed by atoms with van der Waals surface area (Å²) in [5.41, 5.74) is 3.02. The molecular formula is C18H24N4O2. The molecule has 1 aliphatic heterocycles. The first-order valence-corrected chi connectivity index (χ1v) is 8.19. The smallest absolute Gasteiger partial charge is 0.317 e. The van der Waals surface area contributed by atoms with E-state index in [-0.39, 0.29) is 6.03 Å². The van der Waals surface area contributed by atoms with Gasteiger partial charge in [-0.25, -0.2) is 4.79 Å². The molecule has 1 atom stereocenters. The Hall–Kier alpha value is -2.34. The average molecular weight is 328 g/mol. The van der Waals surface area contributed by atoms with Crippen LogP contribution in [-0.4, -0.2) is 38.9 Å². The van der Waals surface area contributed by atoms with E-state index in [9.17, 15) is 9.90 Å². The molecule has 1 unspecified atom stereocenters. The van der Waals surface area contributed by atoms with Gasteiger partial charge in [0.2, 0.25) is 0 Å². The lowest BCUT2D eigenvalue weighted by atomic mass is 9.89. The van der Waals surface area contributed by atoms with Crippen molar-refractivity contribution in [2.75, 3.05) is 13.1 Å². The zero-order valence-electron chi connectivity index (χ0n) is 14.4.